The largest absolute Gasteiger partial charge is 0.491 e. The van der Waals surface area contributed by atoms with E-state index >= 15 is 0 Å². The predicted molar refractivity (Wildman–Crippen MR) is 101 cm³/mol. The maximum atomic E-state index is 12.6. The van der Waals surface area contributed by atoms with Crippen LogP contribution in [0.15, 0.2) is 18.2 Å². The van der Waals surface area contributed by atoms with E-state index in [0.717, 1.165) is 5.56 Å². The van der Waals surface area contributed by atoms with Gasteiger partial charge in [0.1, 0.15) is 18.4 Å². The number of carbonyl (C=O) groups excluding carboxylic acids is 3. The number of rotatable bonds is 11. The Morgan fingerprint density at radius 1 is 1.07 bits per heavy atom. The molecule has 0 radical (unpaired) electrons. The lowest BCUT2D eigenvalue weighted by molar-refractivity contribution is -0.136. The van der Waals surface area contributed by atoms with Crippen molar-refractivity contribution in [1.29, 1.82) is 0 Å². The zero-order chi connectivity index (χ0) is 20.6. The second-order valence-corrected chi connectivity index (χ2v) is 6.87. The number of aliphatic hydroxyl groups is 1. The Hall–Kier alpha value is -2.49. The third-order valence-electron chi connectivity index (χ3n) is 4.81. The first-order valence-electron chi connectivity index (χ1n) is 9.77. The summed E-state index contributed by atoms with van der Waals surface area (Å²) >= 11 is 0. The van der Waals surface area contributed by atoms with Gasteiger partial charge in [-0.3, -0.25) is 19.7 Å². The molecular formula is C20H26N2O7. The summed E-state index contributed by atoms with van der Waals surface area (Å²) in [6.45, 7) is 2.64. The molecular weight excluding hydrogens is 380 g/mol. The van der Waals surface area contributed by atoms with Gasteiger partial charge in [-0.2, -0.15) is 0 Å². The molecule has 2 heterocycles. The molecule has 2 N–H and O–H groups in total. The van der Waals surface area contributed by atoms with E-state index in [1.54, 1.807) is 18.2 Å². The highest BCUT2D eigenvalue weighted by molar-refractivity contribution is 6.05. The summed E-state index contributed by atoms with van der Waals surface area (Å²) in [6.07, 6.45) is 1.19. The van der Waals surface area contributed by atoms with Gasteiger partial charge in [-0.05, 0) is 36.6 Å². The predicted octanol–water partition coefficient (Wildman–Crippen LogP) is 0.242. The molecule has 2 aliphatic rings. The summed E-state index contributed by atoms with van der Waals surface area (Å²) in [6, 6.07) is 4.61. The van der Waals surface area contributed by atoms with Gasteiger partial charge in [0.05, 0.1) is 19.8 Å². The molecule has 0 saturated carbocycles. The van der Waals surface area contributed by atoms with E-state index in [1.165, 1.54) is 4.90 Å². The standard InChI is InChI=1S/C20H26N2O7/c23-6-1-7-27-8-9-28-10-11-29-15-2-3-16-14(12-15)13-22(20(16)26)17-4-5-18(24)21-19(17)25/h2-3,12,17,23H,1,4-11,13H2,(H,21,24,25). The summed E-state index contributed by atoms with van der Waals surface area (Å²) in [5.41, 5.74) is 1.36. The molecule has 1 saturated heterocycles. The average molecular weight is 406 g/mol. The Morgan fingerprint density at radius 3 is 2.59 bits per heavy atom. The first kappa shape index (κ1) is 21.2. The molecule has 9 heteroatoms. The number of aliphatic hydroxyl groups excluding tert-OH is 1. The lowest BCUT2D eigenvalue weighted by Crippen LogP contribution is -2.52. The van der Waals surface area contributed by atoms with Gasteiger partial charge >= 0.3 is 0 Å². The Labute approximate surface area is 168 Å². The van der Waals surface area contributed by atoms with Crippen LogP contribution < -0.4 is 10.1 Å². The Balaban J connectivity index is 1.44. The number of ether oxygens (including phenoxy) is 3. The van der Waals surface area contributed by atoms with Crippen molar-refractivity contribution >= 4 is 17.7 Å². The number of nitrogens with one attached hydrogen (secondary N) is 1. The number of imide groups is 1. The van der Waals surface area contributed by atoms with Crippen LogP contribution in [0.25, 0.3) is 0 Å². The van der Waals surface area contributed by atoms with E-state index in [0.29, 0.717) is 63.7 Å². The number of amides is 3. The van der Waals surface area contributed by atoms with Gasteiger partial charge in [0.2, 0.25) is 11.8 Å². The van der Waals surface area contributed by atoms with Crippen molar-refractivity contribution in [1.82, 2.24) is 10.2 Å². The molecule has 29 heavy (non-hydrogen) atoms. The van der Waals surface area contributed by atoms with Crippen LogP contribution in [-0.2, 0) is 25.6 Å². The molecule has 0 bridgehead atoms. The second-order valence-electron chi connectivity index (χ2n) is 6.87. The smallest absolute Gasteiger partial charge is 0.255 e. The van der Waals surface area contributed by atoms with Crippen molar-refractivity contribution in [2.45, 2.75) is 31.8 Å². The highest BCUT2D eigenvalue weighted by Gasteiger charge is 2.39. The van der Waals surface area contributed by atoms with Gasteiger partial charge in [0, 0.05) is 31.7 Å². The minimum atomic E-state index is -0.620. The maximum absolute atomic E-state index is 12.6. The van der Waals surface area contributed by atoms with Gasteiger partial charge in [-0.1, -0.05) is 0 Å². The minimum Gasteiger partial charge on any atom is -0.491 e. The molecule has 1 atom stereocenters. The third-order valence-corrected chi connectivity index (χ3v) is 4.81. The minimum absolute atomic E-state index is 0.117. The topological polar surface area (TPSA) is 114 Å². The number of carbonyl (C=O) groups is 3. The van der Waals surface area contributed by atoms with E-state index in [-0.39, 0.29) is 24.8 Å². The summed E-state index contributed by atoms with van der Waals surface area (Å²) in [5.74, 6) is -0.295. The SMILES string of the molecule is O=C1CCC(N2Cc3cc(OCCOCCOCCCO)ccc3C2=O)C(=O)N1. The lowest BCUT2D eigenvalue weighted by atomic mass is 10.0. The van der Waals surface area contributed by atoms with Gasteiger partial charge in [-0.15, -0.1) is 0 Å². The van der Waals surface area contributed by atoms with Crippen molar-refractivity contribution in [3.63, 3.8) is 0 Å². The normalized spacial score (nSPS) is 18.7. The first-order chi connectivity index (χ1) is 14.1. The van der Waals surface area contributed by atoms with E-state index in [2.05, 4.69) is 5.32 Å². The number of piperidine rings is 1. The molecule has 1 aromatic rings. The van der Waals surface area contributed by atoms with Crippen LogP contribution in [0.1, 0.15) is 35.2 Å². The van der Waals surface area contributed by atoms with Gasteiger partial charge < -0.3 is 24.2 Å². The summed E-state index contributed by atoms with van der Waals surface area (Å²) < 4.78 is 16.4. The molecule has 1 fully saturated rings. The van der Waals surface area contributed by atoms with Crippen LogP contribution in [0, 0.1) is 0 Å². The van der Waals surface area contributed by atoms with Crippen molar-refractivity contribution in [3.8, 4) is 5.75 Å². The molecule has 1 aromatic carbocycles. The zero-order valence-electron chi connectivity index (χ0n) is 16.2. The third kappa shape index (κ3) is 5.53. The average Bonchev–Trinajstić information content (AvgIpc) is 3.02. The fourth-order valence-electron chi connectivity index (χ4n) is 3.35. The van der Waals surface area contributed by atoms with Crippen molar-refractivity contribution in [2.24, 2.45) is 0 Å². The Morgan fingerprint density at radius 2 is 1.83 bits per heavy atom. The van der Waals surface area contributed by atoms with Crippen LogP contribution in [0.4, 0.5) is 0 Å². The highest BCUT2D eigenvalue weighted by Crippen LogP contribution is 2.30. The van der Waals surface area contributed by atoms with E-state index in [4.69, 9.17) is 19.3 Å². The Bertz CT molecular complexity index is 752. The summed E-state index contributed by atoms with van der Waals surface area (Å²) in [5, 5.41) is 10.9. The van der Waals surface area contributed by atoms with Crippen LogP contribution in [0.5, 0.6) is 5.75 Å². The molecule has 0 aliphatic carbocycles. The van der Waals surface area contributed by atoms with Gasteiger partial charge in [0.15, 0.2) is 0 Å². The van der Waals surface area contributed by atoms with Crippen LogP contribution in [-0.4, -0.2) is 73.4 Å². The molecule has 158 valence electrons. The maximum Gasteiger partial charge on any atom is 0.255 e. The number of benzene rings is 1. The zero-order valence-corrected chi connectivity index (χ0v) is 16.2. The van der Waals surface area contributed by atoms with Crippen LogP contribution >= 0.6 is 0 Å². The second kappa shape index (κ2) is 10.3. The molecule has 0 spiro atoms. The molecule has 9 nitrogen and oxygen atoms in total. The van der Waals surface area contributed by atoms with Crippen molar-refractivity contribution < 1.29 is 33.7 Å². The first-order valence-corrected chi connectivity index (χ1v) is 9.77. The lowest BCUT2D eigenvalue weighted by Gasteiger charge is -2.29. The van der Waals surface area contributed by atoms with E-state index in [1.807, 2.05) is 0 Å². The van der Waals surface area contributed by atoms with Gasteiger partial charge in [0.25, 0.3) is 5.91 Å². The number of fused-ring (bicyclic) bond motifs is 1. The van der Waals surface area contributed by atoms with Crippen molar-refractivity contribution in [3.05, 3.63) is 29.3 Å². The van der Waals surface area contributed by atoms with Gasteiger partial charge in [-0.25, -0.2) is 0 Å². The summed E-state index contributed by atoms with van der Waals surface area (Å²) in [4.78, 5) is 37.5. The number of hydrogen-bond acceptors (Lipinski definition) is 7. The fourth-order valence-corrected chi connectivity index (χ4v) is 3.35. The van der Waals surface area contributed by atoms with E-state index < -0.39 is 11.9 Å². The number of nitrogens with zero attached hydrogens (tertiary/aromatic N) is 1. The fraction of sp³-hybridized carbons (Fsp3) is 0.550. The van der Waals surface area contributed by atoms with Crippen LogP contribution in [0.2, 0.25) is 0 Å². The molecule has 2 aliphatic heterocycles. The summed E-state index contributed by atoms with van der Waals surface area (Å²) in [7, 11) is 0. The number of hydrogen-bond donors (Lipinski definition) is 2. The molecule has 0 aromatic heterocycles. The van der Waals surface area contributed by atoms with Crippen molar-refractivity contribution in [2.75, 3.05) is 39.6 Å². The van der Waals surface area contributed by atoms with Crippen LogP contribution in [0.3, 0.4) is 0 Å². The van der Waals surface area contributed by atoms with E-state index in [9.17, 15) is 14.4 Å². The molecule has 3 rings (SSSR count). The highest BCUT2D eigenvalue weighted by atomic mass is 16.5. The quantitative estimate of drug-likeness (QED) is 0.400. The molecule has 1 unspecified atom stereocenters. The molecule has 3 amide bonds. The Kier molecular flexibility index (Phi) is 7.56. The monoisotopic (exact) mass is 406 g/mol.